The van der Waals surface area contributed by atoms with E-state index < -0.39 is 5.97 Å². The molecular weight excluding hydrogens is 220 g/mol. The molecule has 1 atom stereocenters. The second-order valence-corrected chi connectivity index (χ2v) is 4.81. The van der Waals surface area contributed by atoms with E-state index in [1.165, 1.54) is 0 Å². The van der Waals surface area contributed by atoms with Gasteiger partial charge < -0.3 is 15.3 Å². The van der Waals surface area contributed by atoms with Crippen LogP contribution in [0.25, 0.3) is 0 Å². The van der Waals surface area contributed by atoms with E-state index >= 15 is 0 Å². The van der Waals surface area contributed by atoms with Crippen LogP contribution in [0.5, 0.6) is 0 Å². The molecule has 0 heterocycles. The van der Waals surface area contributed by atoms with Crippen LogP contribution in [0.4, 0.5) is 4.79 Å². The van der Waals surface area contributed by atoms with Crippen molar-refractivity contribution < 1.29 is 14.7 Å². The zero-order chi connectivity index (χ0) is 13.4. The number of nitrogens with one attached hydrogen (secondary N) is 1. The van der Waals surface area contributed by atoms with Gasteiger partial charge in [0.1, 0.15) is 0 Å². The van der Waals surface area contributed by atoms with Crippen LogP contribution in [0.15, 0.2) is 0 Å². The first-order valence-electron chi connectivity index (χ1n) is 6.10. The molecule has 0 rings (SSSR count). The van der Waals surface area contributed by atoms with Crippen LogP contribution in [0.3, 0.4) is 0 Å². The van der Waals surface area contributed by atoms with Gasteiger partial charge in [-0.3, -0.25) is 4.79 Å². The number of carbonyl (C=O) groups is 2. The molecule has 5 heteroatoms. The summed E-state index contributed by atoms with van der Waals surface area (Å²) in [5.41, 5.74) is 0. The maximum Gasteiger partial charge on any atom is 0.317 e. The maximum absolute atomic E-state index is 11.8. The quantitative estimate of drug-likeness (QED) is 0.719. The summed E-state index contributed by atoms with van der Waals surface area (Å²) in [7, 11) is 1.72. The van der Waals surface area contributed by atoms with E-state index in [1.54, 1.807) is 11.9 Å². The van der Waals surface area contributed by atoms with Crippen LogP contribution >= 0.6 is 0 Å². The molecule has 5 nitrogen and oxygen atoms in total. The first-order chi connectivity index (χ1) is 7.86. The fraction of sp³-hybridized carbons (Fsp3) is 0.833. The summed E-state index contributed by atoms with van der Waals surface area (Å²) < 4.78 is 0. The van der Waals surface area contributed by atoms with Crippen molar-refractivity contribution in [3.63, 3.8) is 0 Å². The van der Waals surface area contributed by atoms with Crippen molar-refractivity contribution in [2.45, 2.75) is 46.1 Å². The molecule has 0 radical (unpaired) electrons. The molecule has 0 aromatic heterocycles. The van der Waals surface area contributed by atoms with Gasteiger partial charge in [0, 0.05) is 19.6 Å². The van der Waals surface area contributed by atoms with Crippen LogP contribution in [0, 0.1) is 5.92 Å². The van der Waals surface area contributed by atoms with Crippen molar-refractivity contribution in [3.8, 4) is 0 Å². The van der Waals surface area contributed by atoms with Gasteiger partial charge in [0.2, 0.25) is 0 Å². The summed E-state index contributed by atoms with van der Waals surface area (Å²) in [6.45, 7) is 6.70. The lowest BCUT2D eigenvalue weighted by atomic mass is 10.1. The average Bonchev–Trinajstić information content (AvgIpc) is 2.15. The Bertz CT molecular complexity index is 254. The lowest BCUT2D eigenvalue weighted by Crippen LogP contribution is -2.45. The number of rotatable bonds is 7. The smallest absolute Gasteiger partial charge is 0.317 e. The molecule has 2 amide bonds. The number of hydrogen-bond acceptors (Lipinski definition) is 2. The van der Waals surface area contributed by atoms with Crippen LogP contribution in [0.2, 0.25) is 0 Å². The number of nitrogens with zero attached hydrogens (tertiary/aromatic N) is 1. The molecule has 17 heavy (non-hydrogen) atoms. The number of urea groups is 1. The Labute approximate surface area is 103 Å². The fourth-order valence-electron chi connectivity index (χ4n) is 1.70. The summed E-state index contributed by atoms with van der Waals surface area (Å²) in [6.07, 6.45) is 1.52. The molecule has 0 bridgehead atoms. The molecule has 0 aliphatic heterocycles. The predicted molar refractivity (Wildman–Crippen MR) is 66.9 cm³/mol. The van der Waals surface area contributed by atoms with E-state index in [1.807, 2.05) is 20.8 Å². The molecule has 0 saturated heterocycles. The van der Waals surface area contributed by atoms with Crippen molar-refractivity contribution in [3.05, 3.63) is 0 Å². The number of carbonyl (C=O) groups excluding carboxylic acids is 1. The second-order valence-electron chi connectivity index (χ2n) is 4.81. The molecule has 0 spiro atoms. The SMILES string of the molecule is CCCC(CC(=O)O)NC(=O)N(C)CC(C)C. The van der Waals surface area contributed by atoms with Gasteiger partial charge >= 0.3 is 12.0 Å². The van der Waals surface area contributed by atoms with Crippen molar-refractivity contribution in [2.24, 2.45) is 5.92 Å². The average molecular weight is 244 g/mol. The molecule has 0 fully saturated rings. The van der Waals surface area contributed by atoms with Crippen molar-refractivity contribution >= 4 is 12.0 Å². The summed E-state index contributed by atoms with van der Waals surface area (Å²) in [6, 6.07) is -0.474. The second kappa shape index (κ2) is 7.92. The topological polar surface area (TPSA) is 69.6 Å². The molecule has 0 aromatic rings. The van der Waals surface area contributed by atoms with Crippen LogP contribution in [-0.2, 0) is 4.79 Å². The van der Waals surface area contributed by atoms with Crippen molar-refractivity contribution in [2.75, 3.05) is 13.6 Å². The summed E-state index contributed by atoms with van der Waals surface area (Å²) in [4.78, 5) is 24.0. The highest BCUT2D eigenvalue weighted by atomic mass is 16.4. The first-order valence-corrected chi connectivity index (χ1v) is 6.10. The van der Waals surface area contributed by atoms with Crippen molar-refractivity contribution in [1.29, 1.82) is 0 Å². The molecular formula is C12H24N2O3. The maximum atomic E-state index is 11.8. The molecule has 0 saturated carbocycles. The Balaban J connectivity index is 4.23. The van der Waals surface area contributed by atoms with Crippen LogP contribution < -0.4 is 5.32 Å². The van der Waals surface area contributed by atoms with E-state index in [2.05, 4.69) is 5.32 Å². The Morgan fingerprint density at radius 2 is 1.94 bits per heavy atom. The van der Waals surface area contributed by atoms with E-state index in [4.69, 9.17) is 5.11 Å². The summed E-state index contributed by atoms with van der Waals surface area (Å²) in [5, 5.41) is 11.5. The van der Waals surface area contributed by atoms with E-state index in [-0.39, 0.29) is 18.5 Å². The highest BCUT2D eigenvalue weighted by Crippen LogP contribution is 2.04. The zero-order valence-electron chi connectivity index (χ0n) is 11.2. The van der Waals surface area contributed by atoms with E-state index in [9.17, 15) is 9.59 Å². The highest BCUT2D eigenvalue weighted by Gasteiger charge is 2.17. The predicted octanol–water partition coefficient (Wildman–Crippen LogP) is 1.93. The van der Waals surface area contributed by atoms with Gasteiger partial charge in [-0.15, -0.1) is 0 Å². The monoisotopic (exact) mass is 244 g/mol. The Hall–Kier alpha value is -1.26. The van der Waals surface area contributed by atoms with Gasteiger partial charge in [0.25, 0.3) is 0 Å². The largest absolute Gasteiger partial charge is 0.481 e. The summed E-state index contributed by atoms with van der Waals surface area (Å²) >= 11 is 0. The highest BCUT2D eigenvalue weighted by molar-refractivity contribution is 5.75. The third kappa shape index (κ3) is 7.60. The Morgan fingerprint density at radius 1 is 1.35 bits per heavy atom. The Kier molecular flexibility index (Phi) is 7.34. The van der Waals surface area contributed by atoms with E-state index in [0.29, 0.717) is 18.9 Å². The number of carboxylic acid groups (broad SMARTS) is 1. The summed E-state index contributed by atoms with van der Waals surface area (Å²) in [5.74, 6) is -0.481. The minimum atomic E-state index is -0.879. The molecule has 0 aliphatic rings. The fourth-order valence-corrected chi connectivity index (χ4v) is 1.70. The standard InChI is InChI=1S/C12H24N2O3/c1-5-6-10(7-11(15)16)13-12(17)14(4)8-9(2)3/h9-10H,5-8H2,1-4H3,(H,13,17)(H,15,16). The molecule has 0 aliphatic carbocycles. The van der Waals surface area contributed by atoms with Crippen LogP contribution in [0.1, 0.15) is 40.0 Å². The minimum absolute atomic E-state index is 0.0188. The number of hydrogen-bond donors (Lipinski definition) is 2. The Morgan fingerprint density at radius 3 is 2.35 bits per heavy atom. The lowest BCUT2D eigenvalue weighted by Gasteiger charge is -2.23. The third-order valence-electron chi connectivity index (χ3n) is 2.37. The minimum Gasteiger partial charge on any atom is -0.481 e. The molecule has 0 aromatic carbocycles. The zero-order valence-corrected chi connectivity index (χ0v) is 11.2. The number of aliphatic carboxylic acids is 1. The van der Waals surface area contributed by atoms with Gasteiger partial charge in [-0.1, -0.05) is 27.2 Å². The molecule has 2 N–H and O–H groups in total. The lowest BCUT2D eigenvalue weighted by molar-refractivity contribution is -0.137. The third-order valence-corrected chi connectivity index (χ3v) is 2.37. The number of amides is 2. The van der Waals surface area contributed by atoms with E-state index in [0.717, 1.165) is 6.42 Å². The normalized spacial score (nSPS) is 12.3. The van der Waals surface area contributed by atoms with Crippen LogP contribution in [-0.4, -0.2) is 41.6 Å². The van der Waals surface area contributed by atoms with Crippen molar-refractivity contribution in [1.82, 2.24) is 10.2 Å². The number of carboxylic acids is 1. The molecule has 1 unspecified atom stereocenters. The van der Waals surface area contributed by atoms with Gasteiger partial charge in [-0.05, 0) is 12.3 Å². The van der Waals surface area contributed by atoms with Gasteiger partial charge in [-0.25, -0.2) is 4.79 Å². The molecule has 100 valence electrons. The first kappa shape index (κ1) is 15.7. The van der Waals surface area contributed by atoms with Gasteiger partial charge in [0.15, 0.2) is 0 Å². The van der Waals surface area contributed by atoms with Gasteiger partial charge in [-0.2, -0.15) is 0 Å². The van der Waals surface area contributed by atoms with Gasteiger partial charge in [0.05, 0.1) is 6.42 Å².